The fraction of sp³-hybridized carbons (Fsp3) is 0.818. The number of rotatable bonds is 5. The van der Waals surface area contributed by atoms with Crippen molar-refractivity contribution in [2.24, 2.45) is 57.7 Å². The Morgan fingerprint density at radius 3 is 2.23 bits per heavy atom. The van der Waals surface area contributed by atoms with Crippen molar-refractivity contribution in [1.82, 2.24) is 0 Å². The third-order valence-corrected chi connectivity index (χ3v) is 12.2. The van der Waals surface area contributed by atoms with Gasteiger partial charge in [-0.1, -0.05) is 91.9 Å². The number of hydrogen-bond acceptors (Lipinski definition) is 2. The summed E-state index contributed by atoms with van der Waals surface area (Å²) in [7, 11) is 0. The Labute approximate surface area is 215 Å². The molecule has 4 aliphatic carbocycles. The highest BCUT2D eigenvalue weighted by Gasteiger charge is 2.68. The van der Waals surface area contributed by atoms with Crippen LogP contribution in [0.4, 0.5) is 0 Å². The second kappa shape index (κ2) is 8.98. The van der Waals surface area contributed by atoms with Crippen molar-refractivity contribution in [1.29, 1.82) is 0 Å². The van der Waals surface area contributed by atoms with Crippen molar-refractivity contribution >= 4 is 11.6 Å². The van der Waals surface area contributed by atoms with E-state index in [0.29, 0.717) is 23.3 Å². The Morgan fingerprint density at radius 2 is 1.66 bits per heavy atom. The van der Waals surface area contributed by atoms with Gasteiger partial charge in [0, 0.05) is 5.41 Å². The molecule has 0 amide bonds. The molecule has 0 radical (unpaired) electrons. The van der Waals surface area contributed by atoms with Gasteiger partial charge in [-0.25, -0.2) is 0 Å². The Bertz CT molecular complexity index is 941. The average molecular weight is 481 g/mol. The molecule has 0 aromatic heterocycles. The predicted molar refractivity (Wildman–Crippen MR) is 146 cm³/mol. The molecule has 0 spiro atoms. The normalized spacial score (nSPS) is 47.7. The van der Waals surface area contributed by atoms with Crippen molar-refractivity contribution in [2.75, 3.05) is 0 Å². The van der Waals surface area contributed by atoms with Crippen LogP contribution in [-0.4, -0.2) is 11.6 Å². The van der Waals surface area contributed by atoms with Gasteiger partial charge in [0.1, 0.15) is 0 Å². The van der Waals surface area contributed by atoms with E-state index in [-0.39, 0.29) is 28.3 Å². The first kappa shape index (κ1) is 26.9. The van der Waals surface area contributed by atoms with E-state index in [1.54, 1.807) is 6.92 Å². The quantitative estimate of drug-likeness (QED) is 0.291. The van der Waals surface area contributed by atoms with E-state index in [4.69, 9.17) is 6.58 Å². The molecule has 0 saturated heterocycles. The van der Waals surface area contributed by atoms with Gasteiger partial charge >= 0.3 is 0 Å². The molecule has 35 heavy (non-hydrogen) atoms. The second-order valence-corrected chi connectivity index (χ2v) is 14.2. The molecule has 10 unspecified atom stereocenters. The fourth-order valence-electron chi connectivity index (χ4n) is 10.8. The molecule has 0 heterocycles. The summed E-state index contributed by atoms with van der Waals surface area (Å²) < 4.78 is 0. The molecule has 0 aromatic carbocycles. The number of hydrogen-bond donors (Lipinski definition) is 0. The maximum absolute atomic E-state index is 14.1. The molecular weight excluding hydrogens is 428 g/mol. The summed E-state index contributed by atoms with van der Waals surface area (Å²) in [5.74, 6) is 4.20. The minimum absolute atomic E-state index is 0.0513. The van der Waals surface area contributed by atoms with Crippen LogP contribution in [0.3, 0.4) is 0 Å². The van der Waals surface area contributed by atoms with Crippen LogP contribution < -0.4 is 0 Å². The zero-order valence-corrected chi connectivity index (χ0v) is 24.2. The smallest absolute Gasteiger partial charge is 0.173 e. The largest absolute Gasteiger partial charge is 0.294 e. The van der Waals surface area contributed by atoms with E-state index < -0.39 is 5.41 Å². The maximum atomic E-state index is 14.1. The summed E-state index contributed by atoms with van der Waals surface area (Å²) >= 11 is 0. The van der Waals surface area contributed by atoms with Crippen LogP contribution in [-0.2, 0) is 9.59 Å². The summed E-state index contributed by atoms with van der Waals surface area (Å²) in [4.78, 5) is 26.7. The standard InChI is InChI=1S/C33H52O2/c1-11-13-24-15-25(14-12-2)26-17-31(8)18-32(9)16-19(3)27(23(7)34)30(35)33(32,10)22(6)29(31)21(5)28(26)20(24)4/h20,22,24-26,28-29H,5,11-18H2,1-4,6-10H3. The summed E-state index contributed by atoms with van der Waals surface area (Å²) in [6.07, 6.45) is 9.81. The second-order valence-electron chi connectivity index (χ2n) is 14.2. The highest BCUT2D eigenvalue weighted by atomic mass is 16.1. The van der Waals surface area contributed by atoms with Gasteiger partial charge in [-0.3, -0.25) is 9.59 Å². The molecule has 4 aliphatic rings. The van der Waals surface area contributed by atoms with Crippen LogP contribution in [0.15, 0.2) is 23.3 Å². The minimum atomic E-state index is -0.517. The van der Waals surface area contributed by atoms with Crippen molar-refractivity contribution in [3.8, 4) is 0 Å². The van der Waals surface area contributed by atoms with Crippen LogP contribution in [0.25, 0.3) is 0 Å². The molecule has 10 atom stereocenters. The van der Waals surface area contributed by atoms with E-state index in [2.05, 4.69) is 48.5 Å². The lowest BCUT2D eigenvalue weighted by Crippen LogP contribution is -2.64. The van der Waals surface area contributed by atoms with Gasteiger partial charge in [0.05, 0.1) is 5.57 Å². The number of ketones is 2. The monoisotopic (exact) mass is 480 g/mol. The first-order chi connectivity index (χ1) is 16.3. The molecule has 0 aliphatic heterocycles. The van der Waals surface area contributed by atoms with Gasteiger partial charge in [0.15, 0.2) is 11.6 Å². The zero-order chi connectivity index (χ0) is 26.1. The van der Waals surface area contributed by atoms with Crippen molar-refractivity contribution in [2.45, 2.75) is 114 Å². The molecule has 196 valence electrons. The van der Waals surface area contributed by atoms with E-state index in [1.807, 2.05) is 6.92 Å². The zero-order valence-electron chi connectivity index (χ0n) is 24.2. The molecule has 0 aromatic rings. The Kier molecular flexibility index (Phi) is 6.90. The number of carbonyl (C=O) groups excluding carboxylic acids is 2. The maximum Gasteiger partial charge on any atom is 0.173 e. The Hall–Kier alpha value is -1.18. The number of allylic oxidation sites excluding steroid dienone is 3. The lowest BCUT2D eigenvalue weighted by molar-refractivity contribution is -0.173. The van der Waals surface area contributed by atoms with E-state index in [1.165, 1.54) is 44.1 Å². The minimum Gasteiger partial charge on any atom is -0.294 e. The molecule has 0 bridgehead atoms. The third kappa shape index (κ3) is 3.70. The van der Waals surface area contributed by atoms with Crippen LogP contribution in [0.1, 0.15) is 114 Å². The van der Waals surface area contributed by atoms with Gasteiger partial charge in [0.2, 0.25) is 0 Å². The van der Waals surface area contributed by atoms with Crippen molar-refractivity contribution in [3.63, 3.8) is 0 Å². The van der Waals surface area contributed by atoms with Gasteiger partial charge in [0.25, 0.3) is 0 Å². The Morgan fingerprint density at radius 1 is 1.06 bits per heavy atom. The predicted octanol–water partition coefficient (Wildman–Crippen LogP) is 8.60. The number of carbonyl (C=O) groups is 2. The van der Waals surface area contributed by atoms with E-state index >= 15 is 0 Å². The number of Topliss-reactive ketones (excluding diaryl/α,β-unsaturated/α-hetero) is 2. The molecule has 3 fully saturated rings. The topological polar surface area (TPSA) is 34.1 Å². The lowest BCUT2D eigenvalue weighted by atomic mass is 9.35. The molecule has 3 saturated carbocycles. The first-order valence-corrected chi connectivity index (χ1v) is 14.7. The van der Waals surface area contributed by atoms with Crippen LogP contribution in [0, 0.1) is 57.7 Å². The summed E-state index contributed by atoms with van der Waals surface area (Å²) in [6, 6.07) is 0. The van der Waals surface area contributed by atoms with Crippen molar-refractivity contribution in [3.05, 3.63) is 23.3 Å². The molecular formula is C33H52O2. The van der Waals surface area contributed by atoms with Crippen molar-refractivity contribution < 1.29 is 9.59 Å². The van der Waals surface area contributed by atoms with Gasteiger partial charge in [-0.2, -0.15) is 0 Å². The highest BCUT2D eigenvalue weighted by Crippen LogP contribution is 2.72. The van der Waals surface area contributed by atoms with Crippen LogP contribution in [0.5, 0.6) is 0 Å². The van der Waals surface area contributed by atoms with E-state index in [9.17, 15) is 9.59 Å². The fourth-order valence-corrected chi connectivity index (χ4v) is 10.8. The summed E-state index contributed by atoms with van der Waals surface area (Å²) in [6.45, 7) is 25.2. The third-order valence-electron chi connectivity index (χ3n) is 12.2. The molecule has 2 nitrogen and oxygen atoms in total. The molecule has 4 rings (SSSR count). The van der Waals surface area contributed by atoms with Gasteiger partial charge in [-0.05, 0) is 91.8 Å². The van der Waals surface area contributed by atoms with Gasteiger partial charge in [-0.15, -0.1) is 0 Å². The Balaban J connectivity index is 1.81. The van der Waals surface area contributed by atoms with Crippen LogP contribution >= 0.6 is 0 Å². The highest BCUT2D eigenvalue weighted by molar-refractivity contribution is 6.22. The SMILES string of the molecule is C=C1C2C(C)C(CCC)CC(CCC)C2CC2(C)CC3(C)CC(C)=C(C(C)=O)C(=O)C3(C)C(C)C12. The lowest BCUT2D eigenvalue weighted by Gasteiger charge is -2.68. The van der Waals surface area contributed by atoms with Crippen LogP contribution in [0.2, 0.25) is 0 Å². The summed E-state index contributed by atoms with van der Waals surface area (Å²) in [5.41, 5.74) is 2.51. The van der Waals surface area contributed by atoms with Gasteiger partial charge < -0.3 is 0 Å². The number of fused-ring (bicyclic) bond motifs is 3. The molecule has 2 heteroatoms. The first-order valence-electron chi connectivity index (χ1n) is 14.7. The molecule has 0 N–H and O–H groups in total. The summed E-state index contributed by atoms with van der Waals surface area (Å²) in [5, 5.41) is 0. The van der Waals surface area contributed by atoms with E-state index in [0.717, 1.165) is 36.2 Å². The average Bonchev–Trinajstić information content (AvgIpc) is 2.73.